The standard InChI is InChI=1S/C15H20N2O7/c1-21-10-5-9(6-11(22-2)14(10)24-4)15(20)17-7-12(18)16-8-13(19)23-3/h5-6H,7-8H2,1-4H3,(H,16,18)(H,17,20). The molecular weight excluding hydrogens is 320 g/mol. The predicted molar refractivity (Wildman–Crippen MR) is 83.5 cm³/mol. The normalized spacial score (nSPS) is 9.67. The molecule has 0 aliphatic carbocycles. The number of amides is 2. The lowest BCUT2D eigenvalue weighted by molar-refractivity contribution is -0.141. The monoisotopic (exact) mass is 340 g/mol. The van der Waals surface area contributed by atoms with Crippen molar-refractivity contribution < 1.29 is 33.3 Å². The molecule has 2 amide bonds. The van der Waals surface area contributed by atoms with E-state index in [4.69, 9.17) is 14.2 Å². The Morgan fingerprint density at radius 2 is 1.46 bits per heavy atom. The lowest BCUT2D eigenvalue weighted by Crippen LogP contribution is -2.39. The van der Waals surface area contributed by atoms with E-state index in [0.717, 1.165) is 0 Å². The zero-order valence-corrected chi connectivity index (χ0v) is 13.9. The quantitative estimate of drug-likeness (QED) is 0.627. The Hall–Kier alpha value is -2.97. The number of carbonyl (C=O) groups is 3. The third kappa shape index (κ3) is 5.04. The van der Waals surface area contributed by atoms with E-state index in [1.807, 2.05) is 0 Å². The number of esters is 1. The minimum Gasteiger partial charge on any atom is -0.493 e. The van der Waals surface area contributed by atoms with E-state index in [0.29, 0.717) is 17.2 Å². The number of rotatable bonds is 8. The first-order chi connectivity index (χ1) is 11.5. The highest BCUT2D eigenvalue weighted by Gasteiger charge is 2.17. The number of methoxy groups -OCH3 is 4. The third-order valence-corrected chi connectivity index (χ3v) is 2.99. The average molecular weight is 340 g/mol. The first kappa shape index (κ1) is 19.1. The summed E-state index contributed by atoms with van der Waals surface area (Å²) in [7, 11) is 5.52. The first-order valence-corrected chi connectivity index (χ1v) is 6.88. The van der Waals surface area contributed by atoms with Crippen molar-refractivity contribution in [1.29, 1.82) is 0 Å². The van der Waals surface area contributed by atoms with Crippen LogP contribution in [0.3, 0.4) is 0 Å². The molecule has 0 saturated carbocycles. The second-order valence-electron chi connectivity index (χ2n) is 4.45. The number of hydrogen-bond donors (Lipinski definition) is 2. The molecule has 0 fully saturated rings. The molecule has 24 heavy (non-hydrogen) atoms. The summed E-state index contributed by atoms with van der Waals surface area (Å²) in [6.07, 6.45) is 0. The van der Waals surface area contributed by atoms with Gasteiger partial charge in [0.15, 0.2) is 11.5 Å². The van der Waals surface area contributed by atoms with Crippen LogP contribution in [-0.4, -0.2) is 59.3 Å². The summed E-state index contributed by atoms with van der Waals surface area (Å²) < 4.78 is 19.9. The van der Waals surface area contributed by atoms with E-state index >= 15 is 0 Å². The van der Waals surface area contributed by atoms with Crippen molar-refractivity contribution in [2.24, 2.45) is 0 Å². The van der Waals surface area contributed by atoms with Crippen molar-refractivity contribution in [3.63, 3.8) is 0 Å². The van der Waals surface area contributed by atoms with E-state index in [2.05, 4.69) is 15.4 Å². The summed E-state index contributed by atoms with van der Waals surface area (Å²) in [4.78, 5) is 34.6. The van der Waals surface area contributed by atoms with Crippen LogP contribution in [0.4, 0.5) is 0 Å². The van der Waals surface area contributed by atoms with Gasteiger partial charge < -0.3 is 29.6 Å². The largest absolute Gasteiger partial charge is 0.493 e. The van der Waals surface area contributed by atoms with Crippen LogP contribution in [0.25, 0.3) is 0 Å². The highest BCUT2D eigenvalue weighted by atomic mass is 16.5. The fourth-order valence-corrected chi connectivity index (χ4v) is 1.78. The van der Waals surface area contributed by atoms with Crippen molar-refractivity contribution in [3.05, 3.63) is 17.7 Å². The Kier molecular flexibility index (Phi) is 7.34. The van der Waals surface area contributed by atoms with Crippen LogP contribution in [0.1, 0.15) is 10.4 Å². The van der Waals surface area contributed by atoms with Gasteiger partial charge in [-0.3, -0.25) is 14.4 Å². The summed E-state index contributed by atoms with van der Waals surface area (Å²) in [6, 6.07) is 2.92. The van der Waals surface area contributed by atoms with Crippen LogP contribution in [-0.2, 0) is 14.3 Å². The molecule has 0 atom stereocenters. The molecule has 1 rings (SSSR count). The molecule has 0 aromatic heterocycles. The van der Waals surface area contributed by atoms with E-state index < -0.39 is 17.8 Å². The van der Waals surface area contributed by atoms with Gasteiger partial charge in [0, 0.05) is 5.56 Å². The number of hydrogen-bond acceptors (Lipinski definition) is 7. The molecule has 0 spiro atoms. The summed E-state index contributed by atoms with van der Waals surface area (Å²) in [5, 5.41) is 4.73. The summed E-state index contributed by atoms with van der Waals surface area (Å²) in [6.45, 7) is -0.568. The van der Waals surface area contributed by atoms with E-state index in [1.54, 1.807) is 0 Å². The highest BCUT2D eigenvalue weighted by Crippen LogP contribution is 2.38. The van der Waals surface area contributed by atoms with Gasteiger partial charge in [0.25, 0.3) is 5.91 Å². The Morgan fingerprint density at radius 1 is 0.875 bits per heavy atom. The lowest BCUT2D eigenvalue weighted by atomic mass is 10.1. The number of benzene rings is 1. The predicted octanol–water partition coefficient (Wildman–Crippen LogP) is -0.269. The van der Waals surface area contributed by atoms with Gasteiger partial charge in [-0.15, -0.1) is 0 Å². The zero-order valence-electron chi connectivity index (χ0n) is 13.9. The van der Waals surface area contributed by atoms with Gasteiger partial charge in [-0.05, 0) is 12.1 Å². The maximum absolute atomic E-state index is 12.1. The lowest BCUT2D eigenvalue weighted by Gasteiger charge is -2.14. The molecule has 0 aliphatic heterocycles. The minimum absolute atomic E-state index is 0.227. The number of nitrogens with one attached hydrogen (secondary N) is 2. The molecule has 9 nitrogen and oxygen atoms in total. The second kappa shape index (κ2) is 9.23. The molecular formula is C15H20N2O7. The molecule has 132 valence electrons. The minimum atomic E-state index is -0.584. The van der Waals surface area contributed by atoms with Crippen LogP contribution >= 0.6 is 0 Å². The molecule has 2 N–H and O–H groups in total. The molecule has 0 aliphatic rings. The summed E-state index contributed by atoms with van der Waals surface area (Å²) in [5.41, 5.74) is 0.227. The van der Waals surface area contributed by atoms with Gasteiger partial charge in [-0.2, -0.15) is 0 Å². The van der Waals surface area contributed by atoms with Crippen LogP contribution < -0.4 is 24.8 Å². The maximum atomic E-state index is 12.1. The number of carbonyl (C=O) groups excluding carboxylic acids is 3. The van der Waals surface area contributed by atoms with Crippen LogP contribution in [0.2, 0.25) is 0 Å². The summed E-state index contributed by atoms with van der Waals surface area (Å²) in [5.74, 6) is -0.635. The van der Waals surface area contributed by atoms with Gasteiger partial charge in [0.05, 0.1) is 35.0 Å². The van der Waals surface area contributed by atoms with E-state index in [9.17, 15) is 14.4 Å². The summed E-state index contributed by atoms with van der Waals surface area (Å²) >= 11 is 0. The van der Waals surface area contributed by atoms with Gasteiger partial charge in [0.1, 0.15) is 6.54 Å². The Bertz CT molecular complexity index is 591. The fraction of sp³-hybridized carbons (Fsp3) is 0.400. The Labute approximate surface area is 139 Å². The van der Waals surface area contributed by atoms with Gasteiger partial charge in [-0.1, -0.05) is 0 Å². The first-order valence-electron chi connectivity index (χ1n) is 6.88. The van der Waals surface area contributed by atoms with Crippen molar-refractivity contribution in [2.75, 3.05) is 41.5 Å². The zero-order chi connectivity index (χ0) is 18.1. The smallest absolute Gasteiger partial charge is 0.325 e. The fourth-order valence-electron chi connectivity index (χ4n) is 1.78. The van der Waals surface area contributed by atoms with E-state index in [-0.39, 0.29) is 18.7 Å². The van der Waals surface area contributed by atoms with E-state index in [1.165, 1.54) is 40.6 Å². The van der Waals surface area contributed by atoms with Crippen molar-refractivity contribution in [2.45, 2.75) is 0 Å². The molecule has 9 heteroatoms. The molecule has 0 radical (unpaired) electrons. The molecule has 1 aromatic rings. The molecule has 0 saturated heterocycles. The van der Waals surface area contributed by atoms with Crippen molar-refractivity contribution in [1.82, 2.24) is 10.6 Å². The molecule has 0 bridgehead atoms. The Balaban J connectivity index is 2.74. The number of ether oxygens (including phenoxy) is 4. The highest BCUT2D eigenvalue weighted by molar-refractivity contribution is 5.97. The van der Waals surface area contributed by atoms with Crippen molar-refractivity contribution in [3.8, 4) is 17.2 Å². The second-order valence-corrected chi connectivity index (χ2v) is 4.45. The van der Waals surface area contributed by atoms with Crippen molar-refractivity contribution >= 4 is 17.8 Å². The molecule has 0 unspecified atom stereocenters. The van der Waals surface area contributed by atoms with Gasteiger partial charge in [-0.25, -0.2) is 0 Å². The van der Waals surface area contributed by atoms with Crippen LogP contribution in [0, 0.1) is 0 Å². The SMILES string of the molecule is COC(=O)CNC(=O)CNC(=O)c1cc(OC)c(OC)c(OC)c1. The average Bonchev–Trinajstić information content (AvgIpc) is 2.62. The molecule has 1 aromatic carbocycles. The van der Waals surface area contributed by atoms with Crippen LogP contribution in [0.15, 0.2) is 12.1 Å². The Morgan fingerprint density at radius 3 is 1.92 bits per heavy atom. The van der Waals surface area contributed by atoms with Crippen LogP contribution in [0.5, 0.6) is 17.2 Å². The van der Waals surface area contributed by atoms with Gasteiger partial charge >= 0.3 is 5.97 Å². The third-order valence-electron chi connectivity index (χ3n) is 2.99. The van der Waals surface area contributed by atoms with Gasteiger partial charge in [0.2, 0.25) is 11.7 Å². The molecule has 0 heterocycles. The maximum Gasteiger partial charge on any atom is 0.325 e. The topological polar surface area (TPSA) is 112 Å².